The summed E-state index contributed by atoms with van der Waals surface area (Å²) in [6.07, 6.45) is 1.09. The summed E-state index contributed by atoms with van der Waals surface area (Å²) in [5.74, 6) is 0.812. The van der Waals surface area contributed by atoms with Crippen LogP contribution in [-0.4, -0.2) is 12.5 Å². The van der Waals surface area contributed by atoms with Crippen LogP contribution < -0.4 is 10.1 Å². The minimum Gasteiger partial charge on any atom is -0.494 e. The first kappa shape index (κ1) is 18.4. The molecule has 4 heteroatoms. The van der Waals surface area contributed by atoms with Crippen LogP contribution in [0.25, 0.3) is 0 Å². The summed E-state index contributed by atoms with van der Waals surface area (Å²) in [7, 11) is 0. The fraction of sp³-hybridized carbons (Fsp3) is 0.350. The first-order valence-corrected chi connectivity index (χ1v) is 8.62. The molecule has 2 aromatic carbocycles. The number of anilines is 1. The number of benzene rings is 2. The molecule has 2 rings (SSSR count). The molecule has 0 aliphatic heterocycles. The summed E-state index contributed by atoms with van der Waals surface area (Å²) >= 11 is 4.32. The van der Waals surface area contributed by atoms with E-state index >= 15 is 0 Å². The van der Waals surface area contributed by atoms with Gasteiger partial charge in [0.05, 0.1) is 12.3 Å². The molecule has 0 bridgehead atoms. The molecule has 0 saturated carbocycles. The van der Waals surface area contributed by atoms with Crippen molar-refractivity contribution >= 4 is 24.2 Å². The number of hydrogen-bond donors (Lipinski definition) is 2. The minimum absolute atomic E-state index is 0.0248. The number of para-hydroxylation sites is 1. The SMILES string of the molecule is CC(C)(C)c1ccc(OCCCC(=O)Nc2ccccc2S)cc1. The number of thiol groups is 1. The highest BCUT2D eigenvalue weighted by atomic mass is 32.1. The molecule has 0 atom stereocenters. The molecule has 1 amide bonds. The smallest absolute Gasteiger partial charge is 0.224 e. The van der Waals surface area contributed by atoms with Gasteiger partial charge in [-0.1, -0.05) is 45.0 Å². The molecule has 2 aromatic rings. The van der Waals surface area contributed by atoms with Gasteiger partial charge in [-0.3, -0.25) is 4.79 Å². The Kier molecular flexibility index (Phi) is 6.32. The van der Waals surface area contributed by atoms with E-state index in [0.29, 0.717) is 19.4 Å². The van der Waals surface area contributed by atoms with Gasteiger partial charge in [0.2, 0.25) is 5.91 Å². The lowest BCUT2D eigenvalue weighted by atomic mass is 9.87. The van der Waals surface area contributed by atoms with Crippen molar-refractivity contribution in [2.24, 2.45) is 0 Å². The highest BCUT2D eigenvalue weighted by Crippen LogP contribution is 2.24. The standard InChI is InChI=1S/C20H25NO2S/c1-20(2,3)15-10-12-16(13-11-15)23-14-6-9-19(22)21-17-7-4-5-8-18(17)24/h4-5,7-8,10-13,24H,6,9,14H2,1-3H3,(H,21,22). The van der Waals surface area contributed by atoms with E-state index < -0.39 is 0 Å². The zero-order chi connectivity index (χ0) is 17.6. The third kappa shape index (κ3) is 5.60. The van der Waals surface area contributed by atoms with Crippen LogP contribution >= 0.6 is 12.6 Å². The number of ether oxygens (including phenoxy) is 1. The van der Waals surface area contributed by atoms with Gasteiger partial charge in [-0.15, -0.1) is 12.6 Å². The molecule has 0 heterocycles. The number of amides is 1. The van der Waals surface area contributed by atoms with E-state index in [0.717, 1.165) is 16.3 Å². The fourth-order valence-electron chi connectivity index (χ4n) is 2.27. The second-order valence-electron chi connectivity index (χ2n) is 6.79. The Morgan fingerprint density at radius 3 is 2.38 bits per heavy atom. The maximum atomic E-state index is 11.9. The molecule has 0 aliphatic carbocycles. The summed E-state index contributed by atoms with van der Waals surface area (Å²) < 4.78 is 5.70. The first-order valence-electron chi connectivity index (χ1n) is 8.17. The van der Waals surface area contributed by atoms with Gasteiger partial charge in [-0.2, -0.15) is 0 Å². The molecule has 0 radical (unpaired) electrons. The summed E-state index contributed by atoms with van der Waals surface area (Å²) in [4.78, 5) is 12.7. The highest BCUT2D eigenvalue weighted by molar-refractivity contribution is 7.80. The number of hydrogen-bond acceptors (Lipinski definition) is 3. The first-order chi connectivity index (χ1) is 11.4. The van der Waals surface area contributed by atoms with Crippen LogP contribution in [-0.2, 0) is 10.2 Å². The van der Waals surface area contributed by atoms with Gasteiger partial charge in [-0.05, 0) is 41.7 Å². The predicted octanol–water partition coefficient (Wildman–Crippen LogP) is 5.07. The fourth-order valence-corrected chi connectivity index (χ4v) is 2.48. The molecular weight excluding hydrogens is 318 g/mol. The van der Waals surface area contributed by atoms with Crippen molar-refractivity contribution in [3.8, 4) is 5.75 Å². The van der Waals surface area contributed by atoms with Gasteiger partial charge in [-0.25, -0.2) is 0 Å². The lowest BCUT2D eigenvalue weighted by Crippen LogP contribution is -2.13. The Morgan fingerprint density at radius 1 is 1.08 bits per heavy atom. The summed E-state index contributed by atoms with van der Waals surface area (Å²) in [5.41, 5.74) is 2.16. The average molecular weight is 343 g/mol. The van der Waals surface area contributed by atoms with Gasteiger partial charge >= 0.3 is 0 Å². The Hall–Kier alpha value is -1.94. The van der Waals surface area contributed by atoms with Gasteiger partial charge in [0, 0.05) is 11.3 Å². The third-order valence-corrected chi connectivity index (χ3v) is 4.11. The molecule has 0 fully saturated rings. The quantitative estimate of drug-likeness (QED) is 0.568. The zero-order valence-corrected chi connectivity index (χ0v) is 15.4. The number of rotatable bonds is 6. The molecule has 128 valence electrons. The van der Waals surface area contributed by atoms with Crippen LogP contribution in [0.3, 0.4) is 0 Å². The summed E-state index contributed by atoms with van der Waals surface area (Å²) in [6.45, 7) is 7.07. The van der Waals surface area contributed by atoms with Crippen LogP contribution in [0, 0.1) is 0 Å². The van der Waals surface area contributed by atoms with E-state index in [-0.39, 0.29) is 11.3 Å². The largest absolute Gasteiger partial charge is 0.494 e. The van der Waals surface area contributed by atoms with E-state index in [4.69, 9.17) is 4.74 Å². The molecule has 0 saturated heterocycles. The Balaban J connectivity index is 1.73. The second-order valence-corrected chi connectivity index (χ2v) is 7.27. The van der Waals surface area contributed by atoms with E-state index in [1.807, 2.05) is 36.4 Å². The second kappa shape index (κ2) is 8.25. The van der Waals surface area contributed by atoms with Crippen molar-refractivity contribution < 1.29 is 9.53 Å². The maximum Gasteiger partial charge on any atom is 0.224 e. The summed E-state index contributed by atoms with van der Waals surface area (Å²) in [5, 5.41) is 2.86. The van der Waals surface area contributed by atoms with Gasteiger partial charge in [0.25, 0.3) is 0 Å². The number of nitrogens with one attached hydrogen (secondary N) is 1. The number of carbonyl (C=O) groups excluding carboxylic acids is 1. The third-order valence-electron chi connectivity index (χ3n) is 3.72. The van der Waals surface area contributed by atoms with Gasteiger partial charge in [0.15, 0.2) is 0 Å². The normalized spacial score (nSPS) is 11.2. The molecule has 0 aliphatic rings. The van der Waals surface area contributed by atoms with Crippen molar-refractivity contribution in [1.29, 1.82) is 0 Å². The van der Waals surface area contributed by atoms with Crippen molar-refractivity contribution in [1.82, 2.24) is 0 Å². The predicted molar refractivity (Wildman–Crippen MR) is 102 cm³/mol. The Morgan fingerprint density at radius 2 is 1.75 bits per heavy atom. The lowest BCUT2D eigenvalue weighted by molar-refractivity contribution is -0.116. The average Bonchev–Trinajstić information content (AvgIpc) is 2.53. The monoisotopic (exact) mass is 343 g/mol. The zero-order valence-electron chi connectivity index (χ0n) is 14.5. The molecule has 1 N–H and O–H groups in total. The van der Waals surface area contributed by atoms with E-state index in [2.05, 4.69) is 50.8 Å². The topological polar surface area (TPSA) is 38.3 Å². The van der Waals surface area contributed by atoms with E-state index in [9.17, 15) is 4.79 Å². The van der Waals surface area contributed by atoms with E-state index in [1.165, 1.54) is 5.56 Å². The molecule has 0 unspecified atom stereocenters. The molecule has 3 nitrogen and oxygen atoms in total. The van der Waals surface area contributed by atoms with Crippen molar-refractivity contribution in [3.63, 3.8) is 0 Å². The molecular formula is C20H25NO2S. The molecule has 0 aromatic heterocycles. The highest BCUT2D eigenvalue weighted by Gasteiger charge is 2.13. The van der Waals surface area contributed by atoms with Gasteiger partial charge in [0.1, 0.15) is 5.75 Å². The minimum atomic E-state index is -0.0248. The van der Waals surface area contributed by atoms with Crippen LogP contribution in [0.4, 0.5) is 5.69 Å². The van der Waals surface area contributed by atoms with E-state index in [1.54, 1.807) is 0 Å². The van der Waals surface area contributed by atoms with Crippen molar-refractivity contribution in [2.75, 3.05) is 11.9 Å². The molecule has 24 heavy (non-hydrogen) atoms. The maximum absolute atomic E-state index is 11.9. The van der Waals surface area contributed by atoms with Crippen molar-refractivity contribution in [3.05, 3.63) is 54.1 Å². The van der Waals surface area contributed by atoms with Gasteiger partial charge < -0.3 is 10.1 Å². The Labute approximate surface area is 149 Å². The number of carbonyl (C=O) groups is 1. The lowest BCUT2D eigenvalue weighted by Gasteiger charge is -2.19. The van der Waals surface area contributed by atoms with Crippen LogP contribution in [0.1, 0.15) is 39.2 Å². The van der Waals surface area contributed by atoms with Crippen LogP contribution in [0.15, 0.2) is 53.4 Å². The Bertz CT molecular complexity index is 675. The summed E-state index contributed by atoms with van der Waals surface area (Å²) in [6, 6.07) is 15.6. The molecule has 0 spiro atoms. The van der Waals surface area contributed by atoms with Crippen LogP contribution in [0.2, 0.25) is 0 Å². The van der Waals surface area contributed by atoms with Crippen molar-refractivity contribution in [2.45, 2.75) is 43.9 Å². The van der Waals surface area contributed by atoms with Crippen LogP contribution in [0.5, 0.6) is 5.75 Å².